The Morgan fingerprint density at radius 2 is 1.87 bits per heavy atom. The third kappa shape index (κ3) is 2.65. The first kappa shape index (κ1) is 15.1. The highest BCUT2D eigenvalue weighted by Crippen LogP contribution is 2.18. The first-order valence-corrected chi connectivity index (χ1v) is 7.40. The molecule has 7 nitrogen and oxygen atoms in total. The zero-order valence-electron chi connectivity index (χ0n) is 13.4. The summed E-state index contributed by atoms with van der Waals surface area (Å²) in [5.41, 5.74) is 1.14. The van der Waals surface area contributed by atoms with E-state index in [2.05, 4.69) is 22.1 Å². The minimum Gasteiger partial charge on any atom is -0.348 e. The molecule has 1 aromatic carbocycles. The molecule has 2 aromatic heterocycles. The summed E-state index contributed by atoms with van der Waals surface area (Å²) < 4.78 is 3.23. The van der Waals surface area contributed by atoms with Crippen LogP contribution < -0.4 is 16.1 Å². The second-order valence-electron chi connectivity index (χ2n) is 5.68. The van der Waals surface area contributed by atoms with Gasteiger partial charge in [-0.3, -0.25) is 14.3 Å². The standard InChI is InChI=1S/C16H19N5O2/c1-19(2)15-17-13-12(14(22)18-16(23)20(13)3)21(15)10-9-11-7-5-4-6-8-11/h4-8H,9-10H2,1-3H3,(H,18,22,23). The van der Waals surface area contributed by atoms with E-state index < -0.39 is 11.2 Å². The van der Waals surface area contributed by atoms with Crippen LogP contribution in [0.2, 0.25) is 0 Å². The van der Waals surface area contributed by atoms with E-state index in [1.54, 1.807) is 7.05 Å². The molecular formula is C16H19N5O2. The molecule has 0 aliphatic carbocycles. The van der Waals surface area contributed by atoms with Crippen LogP contribution in [0.3, 0.4) is 0 Å². The van der Waals surface area contributed by atoms with Gasteiger partial charge in [-0.25, -0.2) is 4.79 Å². The van der Waals surface area contributed by atoms with E-state index in [0.717, 1.165) is 6.42 Å². The van der Waals surface area contributed by atoms with Crippen molar-refractivity contribution in [3.8, 4) is 0 Å². The zero-order valence-corrected chi connectivity index (χ0v) is 13.4. The van der Waals surface area contributed by atoms with Crippen molar-refractivity contribution in [1.29, 1.82) is 0 Å². The number of rotatable bonds is 4. The van der Waals surface area contributed by atoms with Gasteiger partial charge in [-0.15, -0.1) is 0 Å². The summed E-state index contributed by atoms with van der Waals surface area (Å²) in [6.45, 7) is 0.606. The molecule has 0 unspecified atom stereocenters. The van der Waals surface area contributed by atoms with Gasteiger partial charge in [0.1, 0.15) is 0 Å². The lowest BCUT2D eigenvalue weighted by Gasteiger charge is -2.14. The van der Waals surface area contributed by atoms with Gasteiger partial charge in [0.05, 0.1) is 0 Å². The van der Waals surface area contributed by atoms with Crippen molar-refractivity contribution in [1.82, 2.24) is 19.1 Å². The van der Waals surface area contributed by atoms with Gasteiger partial charge >= 0.3 is 5.69 Å². The number of H-pyrrole nitrogens is 1. The highest BCUT2D eigenvalue weighted by molar-refractivity contribution is 5.74. The maximum Gasteiger partial charge on any atom is 0.329 e. The number of benzene rings is 1. The fourth-order valence-electron chi connectivity index (χ4n) is 2.66. The maximum absolute atomic E-state index is 12.3. The molecule has 3 aromatic rings. The van der Waals surface area contributed by atoms with Crippen LogP contribution in [-0.2, 0) is 20.0 Å². The minimum atomic E-state index is -0.458. The molecule has 0 saturated heterocycles. The first-order chi connectivity index (χ1) is 11.0. The average molecular weight is 313 g/mol. The normalized spacial score (nSPS) is 11.1. The molecule has 1 N–H and O–H groups in total. The lowest BCUT2D eigenvalue weighted by Crippen LogP contribution is -2.29. The van der Waals surface area contributed by atoms with Crippen molar-refractivity contribution in [2.75, 3.05) is 19.0 Å². The number of anilines is 1. The Labute approximate surface area is 132 Å². The molecule has 23 heavy (non-hydrogen) atoms. The monoisotopic (exact) mass is 313 g/mol. The molecule has 0 atom stereocenters. The summed E-state index contributed by atoms with van der Waals surface area (Å²) in [4.78, 5) is 32.7. The van der Waals surface area contributed by atoms with Gasteiger partial charge in [0, 0.05) is 27.7 Å². The Kier molecular flexibility index (Phi) is 3.77. The second-order valence-corrected chi connectivity index (χ2v) is 5.68. The number of aromatic amines is 1. The minimum absolute atomic E-state index is 0.399. The molecule has 7 heteroatoms. The highest BCUT2D eigenvalue weighted by Gasteiger charge is 2.18. The lowest BCUT2D eigenvalue weighted by molar-refractivity contribution is 0.704. The van der Waals surface area contributed by atoms with E-state index in [-0.39, 0.29) is 0 Å². The molecule has 120 valence electrons. The van der Waals surface area contributed by atoms with Gasteiger partial charge in [-0.05, 0) is 12.0 Å². The van der Waals surface area contributed by atoms with Crippen molar-refractivity contribution in [3.63, 3.8) is 0 Å². The number of nitrogens with zero attached hydrogens (tertiary/aromatic N) is 4. The van der Waals surface area contributed by atoms with Gasteiger partial charge in [0.25, 0.3) is 5.56 Å². The zero-order chi connectivity index (χ0) is 16.6. The summed E-state index contributed by atoms with van der Waals surface area (Å²) in [6.07, 6.45) is 0.773. The molecule has 3 rings (SSSR count). The van der Waals surface area contributed by atoms with Crippen molar-refractivity contribution in [2.45, 2.75) is 13.0 Å². The van der Waals surface area contributed by atoms with Gasteiger partial charge in [0.2, 0.25) is 5.95 Å². The van der Waals surface area contributed by atoms with Crippen LogP contribution in [-0.4, -0.2) is 33.2 Å². The van der Waals surface area contributed by atoms with Crippen molar-refractivity contribution < 1.29 is 0 Å². The molecule has 0 aliphatic rings. The fraction of sp³-hybridized carbons (Fsp3) is 0.312. The van der Waals surface area contributed by atoms with E-state index in [9.17, 15) is 9.59 Å². The predicted octanol–water partition coefficient (Wildman–Crippen LogP) is 0.732. The molecule has 0 spiro atoms. The predicted molar refractivity (Wildman–Crippen MR) is 90.1 cm³/mol. The van der Waals surface area contributed by atoms with E-state index in [1.165, 1.54) is 10.1 Å². The number of aryl methyl sites for hydroxylation is 3. The summed E-state index contributed by atoms with van der Waals surface area (Å²) in [6, 6.07) is 10.1. The number of imidazole rings is 1. The van der Waals surface area contributed by atoms with Crippen LogP contribution in [0.15, 0.2) is 39.9 Å². The molecule has 0 saturated carbocycles. The highest BCUT2D eigenvalue weighted by atomic mass is 16.2. The van der Waals surface area contributed by atoms with Gasteiger partial charge in [-0.2, -0.15) is 4.98 Å². The van der Waals surface area contributed by atoms with Gasteiger partial charge in [-0.1, -0.05) is 30.3 Å². The Morgan fingerprint density at radius 3 is 2.52 bits per heavy atom. The smallest absolute Gasteiger partial charge is 0.329 e. The van der Waals surface area contributed by atoms with E-state index in [4.69, 9.17) is 0 Å². The van der Waals surface area contributed by atoms with E-state index >= 15 is 0 Å². The maximum atomic E-state index is 12.3. The van der Waals surface area contributed by atoms with E-state index in [1.807, 2.05) is 41.8 Å². The second kappa shape index (κ2) is 5.75. The molecule has 0 bridgehead atoms. The topological polar surface area (TPSA) is 75.9 Å². The molecule has 0 radical (unpaired) electrons. The van der Waals surface area contributed by atoms with Crippen molar-refractivity contribution in [2.24, 2.45) is 7.05 Å². The van der Waals surface area contributed by atoms with Crippen LogP contribution in [0, 0.1) is 0 Å². The van der Waals surface area contributed by atoms with Crippen molar-refractivity contribution in [3.05, 3.63) is 56.7 Å². The molecule has 2 heterocycles. The van der Waals surface area contributed by atoms with E-state index in [0.29, 0.717) is 23.7 Å². The summed E-state index contributed by atoms with van der Waals surface area (Å²) in [7, 11) is 5.34. The first-order valence-electron chi connectivity index (χ1n) is 7.40. The van der Waals surface area contributed by atoms with Gasteiger partial charge in [0.15, 0.2) is 11.2 Å². The van der Waals surface area contributed by atoms with Gasteiger partial charge < -0.3 is 9.47 Å². The fourth-order valence-corrected chi connectivity index (χ4v) is 2.66. The molecular weight excluding hydrogens is 294 g/mol. The number of nitrogens with one attached hydrogen (secondary N) is 1. The number of hydrogen-bond acceptors (Lipinski definition) is 4. The summed E-state index contributed by atoms with van der Waals surface area (Å²) >= 11 is 0. The van der Waals surface area contributed by atoms with Crippen LogP contribution >= 0.6 is 0 Å². The number of hydrogen-bond donors (Lipinski definition) is 1. The number of fused-ring (bicyclic) bond motifs is 1. The van der Waals surface area contributed by atoms with Crippen LogP contribution in [0.25, 0.3) is 11.2 Å². The quantitative estimate of drug-likeness (QED) is 0.770. The number of aromatic nitrogens is 4. The average Bonchev–Trinajstić information content (AvgIpc) is 2.92. The van der Waals surface area contributed by atoms with Crippen LogP contribution in [0.1, 0.15) is 5.56 Å². The third-order valence-corrected chi connectivity index (χ3v) is 3.85. The Bertz CT molecular complexity index is 950. The molecule has 0 amide bonds. The third-order valence-electron chi connectivity index (χ3n) is 3.85. The lowest BCUT2D eigenvalue weighted by atomic mass is 10.1. The summed E-state index contributed by atoms with van der Waals surface area (Å²) in [5.74, 6) is 0.655. The Balaban J connectivity index is 2.14. The SMILES string of the molecule is CN(C)c1nc2c(c(=O)[nH]c(=O)n2C)n1CCc1ccccc1. The largest absolute Gasteiger partial charge is 0.348 e. The Morgan fingerprint density at radius 1 is 1.17 bits per heavy atom. The Hall–Kier alpha value is -2.83. The van der Waals surface area contributed by atoms with Crippen molar-refractivity contribution >= 4 is 17.1 Å². The molecule has 0 aliphatic heterocycles. The molecule has 0 fully saturated rings. The van der Waals surface area contributed by atoms with Crippen LogP contribution in [0.4, 0.5) is 5.95 Å². The summed E-state index contributed by atoms with van der Waals surface area (Å²) in [5, 5.41) is 0. The van der Waals surface area contributed by atoms with Crippen LogP contribution in [0.5, 0.6) is 0 Å².